The maximum Gasteiger partial charge on any atom is 0.230 e. The van der Waals surface area contributed by atoms with Gasteiger partial charge in [-0.2, -0.15) is 0 Å². The number of ether oxygens (including phenoxy) is 1. The number of halogens is 2. The molecule has 2 aliphatic heterocycles. The summed E-state index contributed by atoms with van der Waals surface area (Å²) >= 11 is 0. The fraction of sp³-hybridized carbons (Fsp3) is 0.632. The molecule has 7 heteroatoms. The lowest BCUT2D eigenvalue weighted by Crippen LogP contribution is -2.56. The molecule has 0 spiro atoms. The highest BCUT2D eigenvalue weighted by atomic mass is 35.5. The largest absolute Gasteiger partial charge is 0.381 e. The molecule has 2 heterocycles. The first-order valence-electron chi connectivity index (χ1n) is 8.98. The van der Waals surface area contributed by atoms with Crippen LogP contribution in [0.3, 0.4) is 0 Å². The monoisotopic (exact) mass is 403 g/mol. The van der Waals surface area contributed by atoms with Crippen molar-refractivity contribution in [2.45, 2.75) is 26.3 Å². The van der Waals surface area contributed by atoms with E-state index in [1.807, 2.05) is 4.90 Å². The molecule has 2 saturated heterocycles. The van der Waals surface area contributed by atoms with Crippen LogP contribution in [0.2, 0.25) is 0 Å². The number of aryl methyl sites for hydroxylation is 1. The van der Waals surface area contributed by atoms with Crippen LogP contribution in [0.4, 0.5) is 0 Å². The van der Waals surface area contributed by atoms with Crippen LogP contribution >= 0.6 is 24.8 Å². The molecule has 2 fully saturated rings. The Morgan fingerprint density at radius 1 is 1.15 bits per heavy atom. The fourth-order valence-electron chi connectivity index (χ4n) is 3.78. The first-order valence-corrected chi connectivity index (χ1v) is 8.98. The summed E-state index contributed by atoms with van der Waals surface area (Å²) in [6.07, 6.45) is 1.51. The van der Waals surface area contributed by atoms with Crippen molar-refractivity contribution in [3.8, 4) is 0 Å². The van der Waals surface area contributed by atoms with Crippen LogP contribution in [0.25, 0.3) is 0 Å². The van der Waals surface area contributed by atoms with E-state index >= 15 is 0 Å². The number of rotatable bonds is 4. The van der Waals surface area contributed by atoms with Crippen molar-refractivity contribution in [1.29, 1.82) is 0 Å². The first-order chi connectivity index (χ1) is 11.6. The van der Waals surface area contributed by atoms with E-state index in [0.29, 0.717) is 19.8 Å². The Morgan fingerprint density at radius 2 is 1.81 bits per heavy atom. The van der Waals surface area contributed by atoms with Gasteiger partial charge in [-0.05, 0) is 25.3 Å². The maximum atomic E-state index is 13.0. The van der Waals surface area contributed by atoms with Gasteiger partial charge in [0.05, 0.1) is 5.41 Å². The quantitative estimate of drug-likeness (QED) is 0.836. The Labute approximate surface area is 169 Å². The van der Waals surface area contributed by atoms with E-state index < -0.39 is 5.41 Å². The van der Waals surface area contributed by atoms with E-state index in [4.69, 9.17) is 10.5 Å². The summed E-state index contributed by atoms with van der Waals surface area (Å²) in [4.78, 5) is 17.4. The third-order valence-electron chi connectivity index (χ3n) is 5.44. The third-order valence-corrected chi connectivity index (χ3v) is 5.44. The van der Waals surface area contributed by atoms with Gasteiger partial charge in [0.1, 0.15) is 0 Å². The van der Waals surface area contributed by atoms with Gasteiger partial charge in [0.15, 0.2) is 0 Å². The second-order valence-corrected chi connectivity index (χ2v) is 7.15. The van der Waals surface area contributed by atoms with Crippen molar-refractivity contribution in [1.82, 2.24) is 9.80 Å². The molecule has 1 amide bonds. The molecular formula is C19H31Cl2N3O2. The zero-order valence-electron chi connectivity index (χ0n) is 15.5. The van der Waals surface area contributed by atoms with Crippen LogP contribution in [0, 0.1) is 12.3 Å². The third kappa shape index (κ3) is 5.33. The summed E-state index contributed by atoms with van der Waals surface area (Å²) in [7, 11) is 0. The predicted octanol–water partition coefficient (Wildman–Crippen LogP) is 2.24. The molecule has 1 aromatic carbocycles. The van der Waals surface area contributed by atoms with Crippen molar-refractivity contribution in [2.24, 2.45) is 11.1 Å². The van der Waals surface area contributed by atoms with Crippen LogP contribution in [0.5, 0.6) is 0 Å². The summed E-state index contributed by atoms with van der Waals surface area (Å²) < 4.78 is 5.42. The SMILES string of the molecule is Cc1cccc(CN2CCN(C(=O)C3(CN)CCOCC3)CC2)c1.Cl.Cl. The average Bonchev–Trinajstić information content (AvgIpc) is 2.62. The highest BCUT2D eigenvalue weighted by Gasteiger charge is 2.41. The summed E-state index contributed by atoms with van der Waals surface area (Å²) in [6, 6.07) is 8.65. The zero-order chi connectivity index (χ0) is 17.0. The highest BCUT2D eigenvalue weighted by molar-refractivity contribution is 5.85. The molecule has 3 rings (SSSR count). The predicted molar refractivity (Wildman–Crippen MR) is 109 cm³/mol. The van der Waals surface area contributed by atoms with E-state index in [2.05, 4.69) is 36.1 Å². The van der Waals surface area contributed by atoms with E-state index in [9.17, 15) is 4.79 Å². The lowest BCUT2D eigenvalue weighted by atomic mass is 9.78. The molecule has 26 heavy (non-hydrogen) atoms. The average molecular weight is 404 g/mol. The minimum Gasteiger partial charge on any atom is -0.381 e. The highest BCUT2D eigenvalue weighted by Crippen LogP contribution is 2.32. The number of hydrogen-bond donors (Lipinski definition) is 1. The molecule has 148 valence electrons. The number of carbonyl (C=O) groups is 1. The number of amides is 1. The van der Waals surface area contributed by atoms with E-state index in [1.54, 1.807) is 0 Å². The van der Waals surface area contributed by atoms with Crippen molar-refractivity contribution >= 4 is 30.7 Å². The number of hydrogen-bond acceptors (Lipinski definition) is 4. The standard InChI is InChI=1S/C19H29N3O2.2ClH/c1-16-3-2-4-17(13-16)14-21-7-9-22(10-8-21)18(23)19(15-20)5-11-24-12-6-19;;/h2-4,13H,5-12,14-15,20H2,1H3;2*1H. The summed E-state index contributed by atoms with van der Waals surface area (Å²) in [5, 5.41) is 0. The number of benzene rings is 1. The number of carbonyl (C=O) groups excluding carboxylic acids is 1. The van der Waals surface area contributed by atoms with Gasteiger partial charge in [-0.1, -0.05) is 29.8 Å². The Hall–Kier alpha value is -0.850. The Bertz CT molecular complexity index is 572. The molecular weight excluding hydrogens is 373 g/mol. The molecule has 0 aromatic heterocycles. The molecule has 5 nitrogen and oxygen atoms in total. The molecule has 2 aliphatic rings. The maximum absolute atomic E-state index is 13.0. The van der Waals surface area contributed by atoms with E-state index in [1.165, 1.54) is 11.1 Å². The van der Waals surface area contributed by atoms with Gasteiger partial charge in [-0.3, -0.25) is 9.69 Å². The minimum absolute atomic E-state index is 0. The van der Waals surface area contributed by atoms with Crippen molar-refractivity contribution < 1.29 is 9.53 Å². The smallest absolute Gasteiger partial charge is 0.230 e. The van der Waals surface area contributed by atoms with Crippen molar-refractivity contribution in [3.63, 3.8) is 0 Å². The van der Waals surface area contributed by atoms with Gasteiger partial charge < -0.3 is 15.4 Å². The van der Waals surface area contributed by atoms with Crippen LogP contribution in [-0.4, -0.2) is 61.6 Å². The fourth-order valence-corrected chi connectivity index (χ4v) is 3.78. The van der Waals surface area contributed by atoms with E-state index in [-0.39, 0.29) is 30.7 Å². The molecule has 2 N–H and O–H groups in total. The van der Waals surface area contributed by atoms with E-state index in [0.717, 1.165) is 45.6 Å². The van der Waals surface area contributed by atoms with Crippen LogP contribution in [0.15, 0.2) is 24.3 Å². The first kappa shape index (κ1) is 23.2. The van der Waals surface area contributed by atoms with Gasteiger partial charge >= 0.3 is 0 Å². The van der Waals surface area contributed by atoms with Gasteiger partial charge in [-0.25, -0.2) is 0 Å². The lowest BCUT2D eigenvalue weighted by Gasteiger charge is -2.42. The van der Waals surface area contributed by atoms with Gasteiger partial charge in [0.25, 0.3) is 0 Å². The summed E-state index contributed by atoms with van der Waals surface area (Å²) in [5.41, 5.74) is 8.23. The van der Waals surface area contributed by atoms with Gasteiger partial charge in [0, 0.05) is 52.5 Å². The van der Waals surface area contributed by atoms with Crippen molar-refractivity contribution in [3.05, 3.63) is 35.4 Å². The lowest BCUT2D eigenvalue weighted by molar-refractivity contribution is -0.149. The summed E-state index contributed by atoms with van der Waals surface area (Å²) in [5.74, 6) is 0.239. The van der Waals surface area contributed by atoms with Crippen LogP contribution < -0.4 is 5.73 Å². The number of piperazine rings is 1. The Morgan fingerprint density at radius 3 is 2.38 bits per heavy atom. The molecule has 0 unspecified atom stereocenters. The zero-order valence-corrected chi connectivity index (χ0v) is 17.1. The normalized spacial score (nSPS) is 20.0. The molecule has 0 saturated carbocycles. The molecule has 0 aliphatic carbocycles. The molecule has 0 radical (unpaired) electrons. The van der Waals surface area contributed by atoms with Gasteiger partial charge in [-0.15, -0.1) is 24.8 Å². The minimum atomic E-state index is -0.392. The summed E-state index contributed by atoms with van der Waals surface area (Å²) in [6.45, 7) is 8.26. The molecule has 0 bridgehead atoms. The van der Waals surface area contributed by atoms with Gasteiger partial charge in [0.2, 0.25) is 5.91 Å². The topological polar surface area (TPSA) is 58.8 Å². The molecule has 1 aromatic rings. The second-order valence-electron chi connectivity index (χ2n) is 7.15. The van der Waals surface area contributed by atoms with Crippen LogP contribution in [-0.2, 0) is 16.1 Å². The van der Waals surface area contributed by atoms with Crippen LogP contribution in [0.1, 0.15) is 24.0 Å². The Kier molecular flexibility index (Phi) is 9.34. The number of nitrogens with zero attached hydrogens (tertiary/aromatic N) is 2. The molecule has 0 atom stereocenters. The number of nitrogens with two attached hydrogens (primary N) is 1. The Balaban J connectivity index is 0.00000169. The van der Waals surface area contributed by atoms with Crippen molar-refractivity contribution in [2.75, 3.05) is 45.9 Å². The second kappa shape index (κ2) is 10.5.